The van der Waals surface area contributed by atoms with Crippen LogP contribution in [0.3, 0.4) is 0 Å². The topological polar surface area (TPSA) is 66.6 Å². The highest BCUT2D eigenvalue weighted by atomic mass is 16.3. The Morgan fingerprint density at radius 3 is 2.67 bits per heavy atom. The molecule has 1 unspecified atom stereocenters. The number of carbonyl (C=O) groups is 1. The summed E-state index contributed by atoms with van der Waals surface area (Å²) in [5, 5.41) is 10.1. The summed E-state index contributed by atoms with van der Waals surface area (Å²) in [7, 11) is 0. The van der Waals surface area contributed by atoms with Crippen molar-refractivity contribution >= 4 is 5.91 Å². The summed E-state index contributed by atoms with van der Waals surface area (Å²) in [4.78, 5) is 13.6. The van der Waals surface area contributed by atoms with Crippen LogP contribution in [0.5, 0.6) is 0 Å². The molecule has 3 N–H and O–H groups in total. The van der Waals surface area contributed by atoms with Crippen LogP contribution >= 0.6 is 0 Å². The first-order chi connectivity index (χ1) is 7.07. The summed E-state index contributed by atoms with van der Waals surface area (Å²) in [6.45, 7) is 3.52. The molecule has 2 aliphatic rings. The number of hydrogen-bond acceptors (Lipinski definition) is 3. The molecule has 15 heavy (non-hydrogen) atoms. The molecule has 1 amide bonds. The average molecular weight is 212 g/mol. The van der Waals surface area contributed by atoms with Crippen LogP contribution in [0.1, 0.15) is 26.2 Å². The van der Waals surface area contributed by atoms with Crippen molar-refractivity contribution in [3.05, 3.63) is 0 Å². The Labute approximate surface area is 90.4 Å². The van der Waals surface area contributed by atoms with Gasteiger partial charge in [0, 0.05) is 5.92 Å². The summed E-state index contributed by atoms with van der Waals surface area (Å²) in [6.07, 6.45) is 2.98. The van der Waals surface area contributed by atoms with Crippen molar-refractivity contribution in [1.82, 2.24) is 4.90 Å². The number of amides is 1. The van der Waals surface area contributed by atoms with Crippen molar-refractivity contribution in [2.24, 2.45) is 17.6 Å². The third kappa shape index (κ3) is 2.01. The van der Waals surface area contributed by atoms with Gasteiger partial charge in [0.2, 0.25) is 5.91 Å². The quantitative estimate of drug-likeness (QED) is 0.687. The highest BCUT2D eigenvalue weighted by Crippen LogP contribution is 2.44. The lowest BCUT2D eigenvalue weighted by atomic mass is 9.87. The molecule has 1 atom stereocenters. The molecule has 0 aromatic heterocycles. The summed E-state index contributed by atoms with van der Waals surface area (Å²) in [5.74, 6) is 0.593. The predicted octanol–water partition coefficient (Wildman–Crippen LogP) is -0.0454. The normalized spacial score (nSPS) is 25.9. The third-order valence-electron chi connectivity index (χ3n) is 3.60. The molecule has 0 aromatic rings. The number of β-amino-alcohol motifs (C(OH)–C–C–N with tert-alkyl or cyclic N) is 1. The molecule has 2 fully saturated rings. The van der Waals surface area contributed by atoms with E-state index < -0.39 is 5.60 Å². The average Bonchev–Trinajstić information content (AvgIpc) is 2.95. The second-order valence-corrected chi connectivity index (χ2v) is 5.05. The van der Waals surface area contributed by atoms with Crippen LogP contribution in [-0.4, -0.2) is 41.1 Å². The number of carbonyl (C=O) groups excluding carboxylic acids is 1. The molecule has 2 rings (SSSR count). The van der Waals surface area contributed by atoms with Crippen LogP contribution < -0.4 is 5.73 Å². The van der Waals surface area contributed by atoms with Crippen molar-refractivity contribution in [3.8, 4) is 0 Å². The van der Waals surface area contributed by atoms with Crippen molar-refractivity contribution in [2.75, 3.05) is 19.6 Å². The zero-order chi connectivity index (χ0) is 11.1. The zero-order valence-electron chi connectivity index (χ0n) is 9.28. The Bertz CT molecular complexity index is 257. The maximum atomic E-state index is 11.8. The van der Waals surface area contributed by atoms with Gasteiger partial charge in [0.15, 0.2) is 0 Å². The van der Waals surface area contributed by atoms with E-state index in [1.165, 1.54) is 0 Å². The van der Waals surface area contributed by atoms with Gasteiger partial charge in [-0.2, -0.15) is 0 Å². The first-order valence-corrected chi connectivity index (χ1v) is 5.78. The molecule has 4 nitrogen and oxygen atoms in total. The van der Waals surface area contributed by atoms with E-state index in [4.69, 9.17) is 5.73 Å². The van der Waals surface area contributed by atoms with Crippen LogP contribution in [0, 0.1) is 11.8 Å². The molecule has 1 aliphatic carbocycles. The molecule has 1 saturated heterocycles. The fourth-order valence-corrected chi connectivity index (χ4v) is 2.33. The van der Waals surface area contributed by atoms with E-state index in [0.29, 0.717) is 25.6 Å². The lowest BCUT2D eigenvalue weighted by Crippen LogP contribution is -2.65. The lowest BCUT2D eigenvalue weighted by Gasteiger charge is -2.47. The molecule has 1 aliphatic heterocycles. The van der Waals surface area contributed by atoms with Gasteiger partial charge in [-0.25, -0.2) is 0 Å². The second kappa shape index (κ2) is 3.76. The Morgan fingerprint density at radius 2 is 2.20 bits per heavy atom. The summed E-state index contributed by atoms with van der Waals surface area (Å²) in [5.41, 5.74) is 4.86. The maximum Gasteiger partial charge on any atom is 0.225 e. The Morgan fingerprint density at radius 1 is 1.60 bits per heavy atom. The van der Waals surface area contributed by atoms with E-state index in [0.717, 1.165) is 19.3 Å². The molecule has 4 heteroatoms. The summed E-state index contributed by atoms with van der Waals surface area (Å²) in [6, 6.07) is 0. The fourth-order valence-electron chi connectivity index (χ4n) is 2.33. The van der Waals surface area contributed by atoms with Crippen LogP contribution in [0.15, 0.2) is 0 Å². The van der Waals surface area contributed by atoms with E-state index in [2.05, 4.69) is 0 Å². The van der Waals surface area contributed by atoms with E-state index in [1.807, 2.05) is 6.92 Å². The van der Waals surface area contributed by atoms with Crippen molar-refractivity contribution in [3.63, 3.8) is 0 Å². The number of nitrogens with zero attached hydrogens (tertiary/aromatic N) is 1. The van der Waals surface area contributed by atoms with Crippen LogP contribution in [0.25, 0.3) is 0 Å². The van der Waals surface area contributed by atoms with E-state index in [9.17, 15) is 9.90 Å². The number of likely N-dealkylation sites (tertiary alicyclic amines) is 1. The van der Waals surface area contributed by atoms with Gasteiger partial charge < -0.3 is 15.7 Å². The Balaban J connectivity index is 1.80. The number of aliphatic hydroxyl groups is 1. The minimum Gasteiger partial charge on any atom is -0.386 e. The lowest BCUT2D eigenvalue weighted by molar-refractivity contribution is -0.163. The molecule has 0 radical (unpaired) electrons. The van der Waals surface area contributed by atoms with Gasteiger partial charge in [-0.15, -0.1) is 0 Å². The first kappa shape index (κ1) is 10.9. The monoisotopic (exact) mass is 212 g/mol. The second-order valence-electron chi connectivity index (χ2n) is 5.05. The molecule has 1 saturated carbocycles. The molecule has 0 aromatic carbocycles. The molecule has 1 heterocycles. The van der Waals surface area contributed by atoms with E-state index in [1.54, 1.807) is 4.90 Å². The van der Waals surface area contributed by atoms with E-state index >= 15 is 0 Å². The fraction of sp³-hybridized carbons (Fsp3) is 0.909. The van der Waals surface area contributed by atoms with Gasteiger partial charge in [-0.3, -0.25) is 4.79 Å². The number of hydrogen-bond donors (Lipinski definition) is 2. The summed E-state index contributed by atoms with van der Waals surface area (Å²) < 4.78 is 0. The van der Waals surface area contributed by atoms with Gasteiger partial charge in [0.25, 0.3) is 0 Å². The number of rotatable bonds is 4. The van der Waals surface area contributed by atoms with Crippen molar-refractivity contribution in [2.45, 2.75) is 31.8 Å². The van der Waals surface area contributed by atoms with Gasteiger partial charge in [-0.05, 0) is 31.7 Å². The highest BCUT2D eigenvalue weighted by molar-refractivity contribution is 5.79. The molecular weight excluding hydrogens is 192 g/mol. The number of nitrogens with two attached hydrogens (primary N) is 1. The standard InChI is InChI=1S/C11H20N2O2/c1-8(4-5-12)10(14)13-6-11(15,7-13)9-2-3-9/h8-9,15H,2-7,12H2,1H3. The minimum atomic E-state index is -0.557. The van der Waals surface area contributed by atoms with Gasteiger partial charge in [0.05, 0.1) is 13.1 Å². The predicted molar refractivity (Wildman–Crippen MR) is 57.1 cm³/mol. The van der Waals surface area contributed by atoms with Crippen LogP contribution in [0.2, 0.25) is 0 Å². The Hall–Kier alpha value is -0.610. The van der Waals surface area contributed by atoms with Gasteiger partial charge in [-0.1, -0.05) is 6.92 Å². The van der Waals surface area contributed by atoms with Crippen LogP contribution in [0.4, 0.5) is 0 Å². The van der Waals surface area contributed by atoms with Gasteiger partial charge >= 0.3 is 0 Å². The third-order valence-corrected chi connectivity index (χ3v) is 3.60. The SMILES string of the molecule is CC(CCN)C(=O)N1CC(O)(C2CC2)C1. The minimum absolute atomic E-state index is 0.00115. The van der Waals surface area contributed by atoms with Gasteiger partial charge in [0.1, 0.15) is 5.60 Å². The molecule has 0 spiro atoms. The highest BCUT2D eigenvalue weighted by Gasteiger charge is 2.53. The zero-order valence-corrected chi connectivity index (χ0v) is 9.28. The van der Waals surface area contributed by atoms with E-state index in [-0.39, 0.29) is 11.8 Å². The van der Waals surface area contributed by atoms with Crippen molar-refractivity contribution < 1.29 is 9.90 Å². The smallest absolute Gasteiger partial charge is 0.225 e. The maximum absolute atomic E-state index is 11.8. The molecule has 86 valence electrons. The Kier molecular flexibility index (Phi) is 2.73. The van der Waals surface area contributed by atoms with Crippen molar-refractivity contribution in [1.29, 1.82) is 0 Å². The largest absolute Gasteiger partial charge is 0.386 e. The molecule has 0 bridgehead atoms. The first-order valence-electron chi connectivity index (χ1n) is 5.78. The molecular formula is C11H20N2O2. The summed E-state index contributed by atoms with van der Waals surface area (Å²) >= 11 is 0. The van der Waals surface area contributed by atoms with Crippen LogP contribution in [-0.2, 0) is 4.79 Å².